The van der Waals surface area contributed by atoms with E-state index in [9.17, 15) is 4.39 Å². The van der Waals surface area contributed by atoms with Crippen molar-refractivity contribution in [1.29, 1.82) is 0 Å². The summed E-state index contributed by atoms with van der Waals surface area (Å²) in [7, 11) is 0. The van der Waals surface area contributed by atoms with Crippen molar-refractivity contribution in [2.75, 3.05) is 0 Å². The molecule has 1 aromatic rings. The van der Waals surface area contributed by atoms with Crippen LogP contribution >= 0.6 is 0 Å². The van der Waals surface area contributed by atoms with Crippen molar-refractivity contribution in [1.82, 2.24) is 0 Å². The van der Waals surface area contributed by atoms with Crippen molar-refractivity contribution in [3.8, 4) is 5.75 Å². The van der Waals surface area contributed by atoms with E-state index < -0.39 is 6.67 Å². The number of phenolic OH excluding ortho intramolecular Hbond substituents is 1. The number of benzene rings is 1. The second kappa shape index (κ2) is 2.69. The summed E-state index contributed by atoms with van der Waals surface area (Å²) >= 11 is 0. The molecule has 10 heavy (non-hydrogen) atoms. The van der Waals surface area contributed by atoms with Crippen molar-refractivity contribution in [2.45, 2.75) is 13.6 Å². The molecule has 1 nitrogen and oxygen atoms in total. The van der Waals surface area contributed by atoms with E-state index in [1.807, 2.05) is 6.92 Å². The van der Waals surface area contributed by atoms with Crippen molar-refractivity contribution < 1.29 is 9.50 Å². The van der Waals surface area contributed by atoms with Gasteiger partial charge in [-0.1, -0.05) is 6.07 Å². The Morgan fingerprint density at radius 3 is 2.70 bits per heavy atom. The summed E-state index contributed by atoms with van der Waals surface area (Å²) in [4.78, 5) is 0. The highest BCUT2D eigenvalue weighted by Gasteiger charge is 1.97. The highest BCUT2D eigenvalue weighted by Crippen LogP contribution is 2.16. The van der Waals surface area contributed by atoms with E-state index in [1.54, 1.807) is 12.1 Å². The predicted octanol–water partition coefficient (Wildman–Crippen LogP) is 2.17. The Morgan fingerprint density at radius 1 is 1.50 bits per heavy atom. The topological polar surface area (TPSA) is 20.2 Å². The molecular formula is C8H9FO. The van der Waals surface area contributed by atoms with E-state index in [0.717, 1.165) is 5.56 Å². The third-order valence-corrected chi connectivity index (χ3v) is 1.48. The van der Waals surface area contributed by atoms with Crippen molar-refractivity contribution in [3.63, 3.8) is 0 Å². The zero-order valence-electron chi connectivity index (χ0n) is 5.76. The lowest BCUT2D eigenvalue weighted by atomic mass is 10.1. The Balaban J connectivity index is 3.09. The van der Waals surface area contributed by atoms with Gasteiger partial charge in [0.25, 0.3) is 0 Å². The Kier molecular flexibility index (Phi) is 1.90. The molecule has 0 spiro atoms. The Bertz CT molecular complexity index is 233. The summed E-state index contributed by atoms with van der Waals surface area (Å²) in [5.74, 6) is 0.123. The highest BCUT2D eigenvalue weighted by atomic mass is 19.1. The van der Waals surface area contributed by atoms with Gasteiger partial charge in [0.05, 0.1) is 0 Å². The molecule has 0 aliphatic rings. The van der Waals surface area contributed by atoms with E-state index in [0.29, 0.717) is 5.56 Å². The summed E-state index contributed by atoms with van der Waals surface area (Å²) in [6, 6.07) is 4.69. The fourth-order valence-corrected chi connectivity index (χ4v) is 0.802. The smallest absolute Gasteiger partial charge is 0.115 e. The van der Waals surface area contributed by atoms with Crippen molar-refractivity contribution in [3.05, 3.63) is 29.3 Å². The third-order valence-electron chi connectivity index (χ3n) is 1.48. The maximum Gasteiger partial charge on any atom is 0.115 e. The maximum absolute atomic E-state index is 12.1. The minimum Gasteiger partial charge on any atom is -0.508 e. The van der Waals surface area contributed by atoms with E-state index in [-0.39, 0.29) is 5.75 Å². The van der Waals surface area contributed by atoms with Gasteiger partial charge in [0.15, 0.2) is 0 Å². The molecule has 0 radical (unpaired) electrons. The number of rotatable bonds is 1. The lowest BCUT2D eigenvalue weighted by Crippen LogP contribution is -1.82. The highest BCUT2D eigenvalue weighted by molar-refractivity contribution is 5.33. The number of phenols is 1. The summed E-state index contributed by atoms with van der Waals surface area (Å²) in [6.07, 6.45) is 0. The minimum atomic E-state index is -0.514. The van der Waals surface area contributed by atoms with Crippen LogP contribution in [0.4, 0.5) is 4.39 Å². The van der Waals surface area contributed by atoms with Crippen LogP contribution in [-0.4, -0.2) is 5.11 Å². The normalized spacial score (nSPS) is 9.80. The molecule has 0 saturated heterocycles. The van der Waals surface area contributed by atoms with Gasteiger partial charge in [-0.15, -0.1) is 0 Å². The van der Waals surface area contributed by atoms with Crippen LogP contribution < -0.4 is 0 Å². The largest absolute Gasteiger partial charge is 0.508 e. The predicted molar refractivity (Wildman–Crippen MR) is 37.7 cm³/mol. The SMILES string of the molecule is Cc1ccc(O)cc1CF. The van der Waals surface area contributed by atoms with Crippen molar-refractivity contribution >= 4 is 0 Å². The number of hydrogen-bond acceptors (Lipinski definition) is 1. The molecule has 0 fully saturated rings. The lowest BCUT2D eigenvalue weighted by Gasteiger charge is -1.99. The Hall–Kier alpha value is -1.05. The summed E-state index contributed by atoms with van der Waals surface area (Å²) in [5.41, 5.74) is 1.43. The first-order chi connectivity index (χ1) is 4.74. The number of aryl methyl sites for hydroxylation is 1. The van der Waals surface area contributed by atoms with Gasteiger partial charge in [0.1, 0.15) is 12.4 Å². The molecule has 0 amide bonds. The molecule has 0 saturated carbocycles. The molecule has 1 rings (SSSR count). The van der Waals surface area contributed by atoms with Crippen LogP contribution in [0, 0.1) is 6.92 Å². The van der Waals surface area contributed by atoms with Gasteiger partial charge in [0, 0.05) is 0 Å². The number of halogens is 1. The van der Waals surface area contributed by atoms with Gasteiger partial charge in [-0.3, -0.25) is 0 Å². The van der Waals surface area contributed by atoms with Gasteiger partial charge in [-0.05, 0) is 30.2 Å². The summed E-state index contributed by atoms with van der Waals surface area (Å²) in [6.45, 7) is 1.30. The molecule has 0 aliphatic heterocycles. The van der Waals surface area contributed by atoms with Gasteiger partial charge in [0.2, 0.25) is 0 Å². The second-order valence-electron chi connectivity index (χ2n) is 2.24. The zero-order chi connectivity index (χ0) is 7.56. The molecule has 1 N–H and O–H groups in total. The summed E-state index contributed by atoms with van der Waals surface area (Å²) < 4.78 is 12.1. The molecule has 0 bridgehead atoms. The standard InChI is InChI=1S/C8H9FO/c1-6-2-3-8(10)4-7(6)5-9/h2-4,10H,5H2,1H3. The van der Waals surface area contributed by atoms with E-state index in [4.69, 9.17) is 5.11 Å². The fraction of sp³-hybridized carbons (Fsp3) is 0.250. The van der Waals surface area contributed by atoms with E-state index in [1.165, 1.54) is 6.07 Å². The molecule has 0 aromatic heterocycles. The van der Waals surface area contributed by atoms with Gasteiger partial charge < -0.3 is 5.11 Å². The van der Waals surface area contributed by atoms with Crippen LogP contribution in [0.3, 0.4) is 0 Å². The van der Waals surface area contributed by atoms with E-state index in [2.05, 4.69) is 0 Å². The Labute approximate surface area is 59.1 Å². The summed E-state index contributed by atoms with van der Waals surface area (Å²) in [5, 5.41) is 8.90. The number of aromatic hydroxyl groups is 1. The van der Waals surface area contributed by atoms with Gasteiger partial charge in [-0.25, -0.2) is 4.39 Å². The molecule has 2 heteroatoms. The molecule has 0 aliphatic carbocycles. The molecular weight excluding hydrogens is 131 g/mol. The first-order valence-electron chi connectivity index (χ1n) is 3.08. The lowest BCUT2D eigenvalue weighted by molar-refractivity contribution is 0.462. The monoisotopic (exact) mass is 140 g/mol. The van der Waals surface area contributed by atoms with Gasteiger partial charge in [-0.2, -0.15) is 0 Å². The van der Waals surface area contributed by atoms with Crippen molar-refractivity contribution in [2.24, 2.45) is 0 Å². The molecule has 1 aromatic carbocycles. The molecule has 54 valence electrons. The quantitative estimate of drug-likeness (QED) is 0.633. The number of alkyl halides is 1. The van der Waals surface area contributed by atoms with Crippen LogP contribution in [0.2, 0.25) is 0 Å². The van der Waals surface area contributed by atoms with Crippen LogP contribution in [0.5, 0.6) is 5.75 Å². The maximum atomic E-state index is 12.1. The Morgan fingerprint density at radius 2 is 2.20 bits per heavy atom. The van der Waals surface area contributed by atoms with Crippen LogP contribution in [0.25, 0.3) is 0 Å². The molecule has 0 unspecified atom stereocenters. The average Bonchev–Trinajstić information content (AvgIpc) is 1.94. The first kappa shape index (κ1) is 7.06. The minimum absolute atomic E-state index is 0.123. The van der Waals surface area contributed by atoms with E-state index >= 15 is 0 Å². The first-order valence-corrected chi connectivity index (χ1v) is 3.08. The van der Waals surface area contributed by atoms with Crippen LogP contribution in [0.1, 0.15) is 11.1 Å². The average molecular weight is 140 g/mol. The molecule has 0 atom stereocenters. The fourth-order valence-electron chi connectivity index (χ4n) is 0.802. The second-order valence-corrected chi connectivity index (χ2v) is 2.24. The number of hydrogen-bond donors (Lipinski definition) is 1. The van der Waals surface area contributed by atoms with Crippen LogP contribution in [-0.2, 0) is 6.67 Å². The van der Waals surface area contributed by atoms with Gasteiger partial charge >= 0.3 is 0 Å². The third kappa shape index (κ3) is 1.26. The molecule has 0 heterocycles. The zero-order valence-corrected chi connectivity index (χ0v) is 5.76. The van der Waals surface area contributed by atoms with Crippen LogP contribution in [0.15, 0.2) is 18.2 Å².